The lowest BCUT2D eigenvalue weighted by Crippen LogP contribution is -2.26. The average Bonchev–Trinajstić information content (AvgIpc) is 2.42. The Labute approximate surface area is 82.6 Å². The normalized spacial score (nSPS) is 20.6. The van der Waals surface area contributed by atoms with E-state index in [2.05, 4.69) is 9.55 Å². The van der Waals surface area contributed by atoms with Gasteiger partial charge in [-0.25, -0.2) is 4.98 Å². The van der Waals surface area contributed by atoms with Crippen molar-refractivity contribution in [3.8, 4) is 0 Å². The molecule has 0 aromatic carbocycles. The van der Waals surface area contributed by atoms with Crippen molar-refractivity contribution in [2.45, 2.75) is 33.2 Å². The Morgan fingerprint density at radius 3 is 2.93 bits per heavy atom. The standard InChI is InChI=1S/C10H14N2O2/c1-6-7(2)12-4-3-8(10(13)14)5-9(12)11-6/h8H,3-5H2,1-2H3,(H,13,14)/t8-/m0/s1. The number of hydrogen-bond donors (Lipinski definition) is 1. The predicted octanol–water partition coefficient (Wildman–Crippen LogP) is 1.15. The fourth-order valence-corrected chi connectivity index (χ4v) is 1.99. The van der Waals surface area contributed by atoms with Gasteiger partial charge in [0.1, 0.15) is 5.82 Å². The first-order valence-electron chi connectivity index (χ1n) is 4.85. The zero-order valence-electron chi connectivity index (χ0n) is 8.45. The molecule has 0 bridgehead atoms. The maximum atomic E-state index is 10.8. The summed E-state index contributed by atoms with van der Waals surface area (Å²) < 4.78 is 2.13. The first kappa shape index (κ1) is 9.24. The van der Waals surface area contributed by atoms with Gasteiger partial charge in [0.15, 0.2) is 0 Å². The van der Waals surface area contributed by atoms with Gasteiger partial charge in [-0.1, -0.05) is 0 Å². The third-order valence-corrected chi connectivity index (χ3v) is 3.02. The second-order valence-corrected chi connectivity index (χ2v) is 3.88. The summed E-state index contributed by atoms with van der Waals surface area (Å²) in [5.41, 5.74) is 2.19. The Kier molecular flexibility index (Phi) is 2.06. The van der Waals surface area contributed by atoms with E-state index < -0.39 is 5.97 Å². The van der Waals surface area contributed by atoms with Crippen LogP contribution in [0, 0.1) is 19.8 Å². The van der Waals surface area contributed by atoms with E-state index >= 15 is 0 Å². The summed E-state index contributed by atoms with van der Waals surface area (Å²) in [5, 5.41) is 8.90. The number of aryl methyl sites for hydroxylation is 1. The van der Waals surface area contributed by atoms with Crippen LogP contribution in [-0.4, -0.2) is 20.6 Å². The maximum Gasteiger partial charge on any atom is 0.307 e. The number of aliphatic carboxylic acids is 1. The molecular weight excluding hydrogens is 180 g/mol. The average molecular weight is 194 g/mol. The van der Waals surface area contributed by atoms with Gasteiger partial charge in [0.25, 0.3) is 0 Å². The summed E-state index contributed by atoms with van der Waals surface area (Å²) >= 11 is 0. The first-order valence-corrected chi connectivity index (χ1v) is 4.85. The number of imidazole rings is 1. The lowest BCUT2D eigenvalue weighted by atomic mass is 9.98. The van der Waals surface area contributed by atoms with Gasteiger partial charge in [-0.05, 0) is 20.3 Å². The van der Waals surface area contributed by atoms with Gasteiger partial charge in [0, 0.05) is 18.7 Å². The van der Waals surface area contributed by atoms with Crippen LogP contribution < -0.4 is 0 Å². The number of nitrogens with zero attached hydrogens (tertiary/aromatic N) is 2. The largest absolute Gasteiger partial charge is 0.481 e. The molecule has 0 fully saturated rings. The molecular formula is C10H14N2O2. The zero-order chi connectivity index (χ0) is 10.3. The number of carbonyl (C=O) groups is 1. The van der Waals surface area contributed by atoms with E-state index in [4.69, 9.17) is 5.11 Å². The first-order chi connectivity index (χ1) is 6.59. The van der Waals surface area contributed by atoms with E-state index in [1.165, 1.54) is 5.69 Å². The summed E-state index contributed by atoms with van der Waals surface area (Å²) in [5.74, 6) is -0.0168. The fourth-order valence-electron chi connectivity index (χ4n) is 1.99. The van der Waals surface area contributed by atoms with E-state index in [1.54, 1.807) is 0 Å². The van der Waals surface area contributed by atoms with E-state index in [-0.39, 0.29) is 5.92 Å². The van der Waals surface area contributed by atoms with Crippen molar-refractivity contribution >= 4 is 5.97 Å². The summed E-state index contributed by atoms with van der Waals surface area (Å²) in [6, 6.07) is 0. The molecule has 0 saturated carbocycles. The molecule has 0 saturated heterocycles. The third-order valence-electron chi connectivity index (χ3n) is 3.02. The SMILES string of the molecule is Cc1nc2n(c1C)CC[C@H](C(=O)O)C2. The second kappa shape index (κ2) is 3.12. The molecule has 0 aliphatic carbocycles. The summed E-state index contributed by atoms with van der Waals surface area (Å²) in [6.07, 6.45) is 1.29. The van der Waals surface area contributed by atoms with Gasteiger partial charge in [-0.15, -0.1) is 0 Å². The second-order valence-electron chi connectivity index (χ2n) is 3.88. The van der Waals surface area contributed by atoms with E-state index in [1.807, 2.05) is 13.8 Å². The van der Waals surface area contributed by atoms with Gasteiger partial charge in [0.2, 0.25) is 0 Å². The van der Waals surface area contributed by atoms with E-state index in [0.717, 1.165) is 24.5 Å². The third kappa shape index (κ3) is 1.31. The Hall–Kier alpha value is -1.32. The molecule has 0 unspecified atom stereocenters. The number of hydrogen-bond acceptors (Lipinski definition) is 2. The quantitative estimate of drug-likeness (QED) is 0.729. The lowest BCUT2D eigenvalue weighted by Gasteiger charge is -2.20. The van der Waals surface area contributed by atoms with Gasteiger partial charge in [-0.2, -0.15) is 0 Å². The van der Waals surface area contributed by atoms with Crippen molar-refractivity contribution < 1.29 is 9.90 Å². The number of fused-ring (bicyclic) bond motifs is 1. The Balaban J connectivity index is 2.31. The van der Waals surface area contributed by atoms with Crippen LogP contribution in [0.4, 0.5) is 0 Å². The molecule has 1 aliphatic heterocycles. The van der Waals surface area contributed by atoms with Crippen molar-refractivity contribution in [2.24, 2.45) is 5.92 Å². The van der Waals surface area contributed by atoms with Crippen molar-refractivity contribution in [1.82, 2.24) is 9.55 Å². The van der Waals surface area contributed by atoms with Crippen molar-refractivity contribution in [3.63, 3.8) is 0 Å². The fraction of sp³-hybridized carbons (Fsp3) is 0.600. The van der Waals surface area contributed by atoms with Crippen LogP contribution in [0.25, 0.3) is 0 Å². The molecule has 1 aromatic rings. The van der Waals surface area contributed by atoms with Crippen molar-refractivity contribution in [3.05, 3.63) is 17.2 Å². The van der Waals surface area contributed by atoms with Crippen LogP contribution in [0.5, 0.6) is 0 Å². The molecule has 1 aromatic heterocycles. The van der Waals surface area contributed by atoms with Crippen LogP contribution in [-0.2, 0) is 17.8 Å². The topological polar surface area (TPSA) is 55.1 Å². The molecule has 14 heavy (non-hydrogen) atoms. The molecule has 0 radical (unpaired) electrons. The molecule has 4 nitrogen and oxygen atoms in total. The molecule has 4 heteroatoms. The molecule has 1 N–H and O–H groups in total. The molecule has 2 rings (SSSR count). The summed E-state index contributed by atoms with van der Waals surface area (Å²) in [6.45, 7) is 4.79. The van der Waals surface area contributed by atoms with Crippen molar-refractivity contribution in [2.75, 3.05) is 0 Å². The highest BCUT2D eigenvalue weighted by Crippen LogP contribution is 2.22. The zero-order valence-corrected chi connectivity index (χ0v) is 8.45. The minimum absolute atomic E-state index is 0.247. The highest BCUT2D eigenvalue weighted by Gasteiger charge is 2.26. The monoisotopic (exact) mass is 194 g/mol. The summed E-state index contributed by atoms with van der Waals surface area (Å²) in [7, 11) is 0. The van der Waals surface area contributed by atoms with Gasteiger partial charge < -0.3 is 9.67 Å². The van der Waals surface area contributed by atoms with Crippen LogP contribution in [0.15, 0.2) is 0 Å². The summed E-state index contributed by atoms with van der Waals surface area (Å²) in [4.78, 5) is 15.2. The molecule has 1 aliphatic rings. The highest BCUT2D eigenvalue weighted by atomic mass is 16.4. The Morgan fingerprint density at radius 1 is 1.57 bits per heavy atom. The minimum Gasteiger partial charge on any atom is -0.481 e. The predicted molar refractivity (Wildman–Crippen MR) is 51.1 cm³/mol. The number of carboxylic acid groups (broad SMARTS) is 1. The van der Waals surface area contributed by atoms with E-state index in [0.29, 0.717) is 6.42 Å². The maximum absolute atomic E-state index is 10.8. The minimum atomic E-state index is -0.699. The number of rotatable bonds is 1. The smallest absolute Gasteiger partial charge is 0.307 e. The number of carboxylic acids is 1. The lowest BCUT2D eigenvalue weighted by molar-refractivity contribution is -0.142. The molecule has 2 heterocycles. The molecule has 0 amide bonds. The Bertz CT molecular complexity index is 382. The van der Waals surface area contributed by atoms with Gasteiger partial charge in [0.05, 0.1) is 11.6 Å². The van der Waals surface area contributed by atoms with Gasteiger partial charge >= 0.3 is 5.97 Å². The molecule has 76 valence electrons. The van der Waals surface area contributed by atoms with Crippen LogP contribution >= 0.6 is 0 Å². The molecule has 0 spiro atoms. The van der Waals surface area contributed by atoms with Crippen LogP contribution in [0.3, 0.4) is 0 Å². The van der Waals surface area contributed by atoms with Crippen LogP contribution in [0.2, 0.25) is 0 Å². The van der Waals surface area contributed by atoms with Crippen molar-refractivity contribution in [1.29, 1.82) is 0 Å². The van der Waals surface area contributed by atoms with E-state index in [9.17, 15) is 4.79 Å². The highest BCUT2D eigenvalue weighted by molar-refractivity contribution is 5.70. The number of aromatic nitrogens is 2. The molecule has 1 atom stereocenters. The Morgan fingerprint density at radius 2 is 2.29 bits per heavy atom. The van der Waals surface area contributed by atoms with Crippen LogP contribution in [0.1, 0.15) is 23.6 Å². The van der Waals surface area contributed by atoms with Gasteiger partial charge in [-0.3, -0.25) is 4.79 Å².